The Morgan fingerprint density at radius 1 is 1.03 bits per heavy atom. The first-order valence-corrected chi connectivity index (χ1v) is 10.3. The molecule has 1 atom stereocenters. The van der Waals surface area contributed by atoms with Crippen LogP contribution in [0.1, 0.15) is 48.1 Å². The van der Waals surface area contributed by atoms with Gasteiger partial charge in [-0.05, 0) is 59.9 Å². The molecule has 0 spiro atoms. The maximum atomic E-state index is 13.7. The van der Waals surface area contributed by atoms with Crippen molar-refractivity contribution in [1.82, 2.24) is 14.9 Å². The van der Waals surface area contributed by atoms with Crippen LogP contribution in [-0.2, 0) is 0 Å². The van der Waals surface area contributed by atoms with Gasteiger partial charge >= 0.3 is 0 Å². The van der Waals surface area contributed by atoms with Crippen molar-refractivity contribution < 1.29 is 4.79 Å². The Hall–Kier alpha value is -3.47. The van der Waals surface area contributed by atoms with Gasteiger partial charge in [0, 0.05) is 0 Å². The van der Waals surface area contributed by atoms with Crippen LogP contribution in [-0.4, -0.2) is 15.5 Å². The number of carbonyl (C=O) groups excluding carboxylic acids is 1. The van der Waals surface area contributed by atoms with Crippen molar-refractivity contribution in [3.05, 3.63) is 81.9 Å². The van der Waals surface area contributed by atoms with E-state index in [1.165, 1.54) is 0 Å². The molecule has 5 nitrogen and oxygen atoms in total. The summed E-state index contributed by atoms with van der Waals surface area (Å²) in [7, 11) is 0. The molecular weight excluding hydrogens is 374 g/mol. The number of hydrogen-bond donors (Lipinski definition) is 1. The molecule has 1 unspecified atom stereocenters. The first-order chi connectivity index (χ1) is 14.4. The van der Waals surface area contributed by atoms with Gasteiger partial charge in [-0.3, -0.25) is 14.2 Å². The SMILES string of the molecule is Cc1ccc2c(=O)n3c(nc2c1)C(CC(C)C)NC(=O)c1cc2ccccc2cc1-3. The third kappa shape index (κ3) is 2.89. The van der Waals surface area contributed by atoms with E-state index in [-0.39, 0.29) is 17.5 Å². The number of hydrogen-bond acceptors (Lipinski definition) is 3. The Morgan fingerprint density at radius 2 is 1.77 bits per heavy atom. The van der Waals surface area contributed by atoms with Crippen LogP contribution in [0.15, 0.2) is 59.4 Å². The lowest BCUT2D eigenvalue weighted by molar-refractivity contribution is 0.0933. The van der Waals surface area contributed by atoms with Crippen molar-refractivity contribution in [3.63, 3.8) is 0 Å². The zero-order chi connectivity index (χ0) is 21.0. The molecule has 5 heteroatoms. The molecule has 3 aromatic carbocycles. The molecule has 0 fully saturated rings. The van der Waals surface area contributed by atoms with Crippen molar-refractivity contribution in [2.24, 2.45) is 5.92 Å². The topological polar surface area (TPSA) is 64.0 Å². The zero-order valence-corrected chi connectivity index (χ0v) is 17.3. The van der Waals surface area contributed by atoms with Crippen molar-refractivity contribution in [1.29, 1.82) is 0 Å². The van der Waals surface area contributed by atoms with Crippen molar-refractivity contribution in [2.45, 2.75) is 33.2 Å². The lowest BCUT2D eigenvalue weighted by Crippen LogP contribution is -2.31. The second-order valence-electron chi connectivity index (χ2n) is 8.50. The highest BCUT2D eigenvalue weighted by atomic mass is 16.2. The smallest absolute Gasteiger partial charge is 0.266 e. The summed E-state index contributed by atoms with van der Waals surface area (Å²) in [6, 6.07) is 17.0. The molecule has 2 heterocycles. The Labute approximate surface area is 174 Å². The fourth-order valence-corrected chi connectivity index (χ4v) is 4.31. The van der Waals surface area contributed by atoms with Gasteiger partial charge in [-0.25, -0.2) is 4.98 Å². The summed E-state index contributed by atoms with van der Waals surface area (Å²) in [5.41, 5.74) is 2.66. The number of aryl methyl sites for hydroxylation is 1. The number of fused-ring (bicyclic) bond motifs is 5. The van der Waals surface area contributed by atoms with Crippen LogP contribution in [0.2, 0.25) is 0 Å². The standard InChI is InChI=1S/C25H23N3O2/c1-14(2)10-21-23-26-20-11-15(3)8-9-18(20)25(30)28(23)22-13-17-7-5-4-6-16(17)12-19(22)24(29)27-21/h4-9,11-14,21H,10H2,1-3H3,(H,27,29). The molecule has 30 heavy (non-hydrogen) atoms. The Balaban J connectivity index is 1.91. The molecule has 1 aliphatic heterocycles. The molecule has 0 radical (unpaired) electrons. The summed E-state index contributed by atoms with van der Waals surface area (Å²) < 4.78 is 1.64. The molecule has 150 valence electrons. The summed E-state index contributed by atoms with van der Waals surface area (Å²) >= 11 is 0. The number of carbonyl (C=O) groups is 1. The number of benzene rings is 3. The van der Waals surface area contributed by atoms with E-state index in [1.807, 2.05) is 61.5 Å². The molecule has 5 rings (SSSR count). The molecule has 1 aliphatic rings. The van der Waals surface area contributed by atoms with Gasteiger partial charge in [0.15, 0.2) is 0 Å². The first-order valence-electron chi connectivity index (χ1n) is 10.3. The molecule has 0 saturated heterocycles. The minimum absolute atomic E-state index is 0.142. The molecule has 0 bridgehead atoms. The van der Waals surface area contributed by atoms with Gasteiger partial charge in [0.25, 0.3) is 11.5 Å². The number of aromatic nitrogens is 2. The zero-order valence-electron chi connectivity index (χ0n) is 17.3. The van der Waals surface area contributed by atoms with E-state index in [9.17, 15) is 9.59 Å². The Bertz CT molecular complexity index is 1380. The average Bonchev–Trinajstić information content (AvgIpc) is 2.81. The van der Waals surface area contributed by atoms with Crippen LogP contribution in [0.5, 0.6) is 0 Å². The van der Waals surface area contributed by atoms with Crippen molar-refractivity contribution in [3.8, 4) is 5.69 Å². The van der Waals surface area contributed by atoms with Crippen LogP contribution >= 0.6 is 0 Å². The average molecular weight is 397 g/mol. The van der Waals surface area contributed by atoms with Crippen LogP contribution in [0.4, 0.5) is 0 Å². The van der Waals surface area contributed by atoms with Crippen molar-refractivity contribution >= 4 is 27.6 Å². The van der Waals surface area contributed by atoms with E-state index < -0.39 is 0 Å². The maximum absolute atomic E-state index is 13.7. The van der Waals surface area contributed by atoms with Gasteiger partial charge in [0.1, 0.15) is 5.82 Å². The van der Waals surface area contributed by atoms with E-state index in [4.69, 9.17) is 4.98 Å². The fraction of sp³-hybridized carbons (Fsp3) is 0.240. The molecule has 0 aliphatic carbocycles. The number of rotatable bonds is 2. The monoisotopic (exact) mass is 397 g/mol. The number of amides is 1. The summed E-state index contributed by atoms with van der Waals surface area (Å²) in [6.07, 6.45) is 0.697. The normalized spacial score (nSPS) is 15.7. The molecule has 1 N–H and O–H groups in total. The maximum Gasteiger partial charge on any atom is 0.266 e. The third-order valence-corrected chi connectivity index (χ3v) is 5.72. The van der Waals surface area contributed by atoms with E-state index in [1.54, 1.807) is 4.57 Å². The Kier molecular flexibility index (Phi) is 4.21. The lowest BCUT2D eigenvalue weighted by Gasteiger charge is -2.20. The molecule has 1 aromatic heterocycles. The largest absolute Gasteiger partial charge is 0.342 e. The number of nitrogens with zero attached hydrogens (tertiary/aromatic N) is 2. The Morgan fingerprint density at radius 3 is 2.50 bits per heavy atom. The fourth-order valence-electron chi connectivity index (χ4n) is 4.31. The summed E-state index contributed by atoms with van der Waals surface area (Å²) in [5, 5.41) is 5.63. The van der Waals surface area contributed by atoms with Gasteiger partial charge in [-0.15, -0.1) is 0 Å². The second kappa shape index (κ2) is 6.80. The van der Waals surface area contributed by atoms with Gasteiger partial charge in [0.05, 0.1) is 28.2 Å². The summed E-state index contributed by atoms with van der Waals surface area (Å²) in [4.78, 5) is 31.8. The number of nitrogens with one attached hydrogen (secondary N) is 1. The highest BCUT2D eigenvalue weighted by Crippen LogP contribution is 2.31. The molecule has 0 saturated carbocycles. The van der Waals surface area contributed by atoms with Crippen LogP contribution in [0.3, 0.4) is 0 Å². The van der Waals surface area contributed by atoms with Crippen molar-refractivity contribution in [2.75, 3.05) is 0 Å². The van der Waals surface area contributed by atoms with Crippen LogP contribution in [0.25, 0.3) is 27.4 Å². The summed E-state index contributed by atoms with van der Waals surface area (Å²) in [6.45, 7) is 6.19. The van der Waals surface area contributed by atoms with Gasteiger partial charge < -0.3 is 5.32 Å². The predicted molar refractivity (Wildman–Crippen MR) is 119 cm³/mol. The van der Waals surface area contributed by atoms with E-state index in [0.717, 1.165) is 16.3 Å². The van der Waals surface area contributed by atoms with Crippen LogP contribution in [0, 0.1) is 12.8 Å². The first kappa shape index (κ1) is 18.6. The van der Waals surface area contributed by atoms with Gasteiger partial charge in [-0.1, -0.05) is 44.2 Å². The van der Waals surface area contributed by atoms with Crippen LogP contribution < -0.4 is 10.9 Å². The van der Waals surface area contributed by atoms with E-state index in [2.05, 4.69) is 19.2 Å². The molecule has 1 amide bonds. The molecule has 4 aromatic rings. The minimum Gasteiger partial charge on any atom is -0.342 e. The third-order valence-electron chi connectivity index (χ3n) is 5.72. The van der Waals surface area contributed by atoms with Gasteiger partial charge in [-0.2, -0.15) is 0 Å². The highest BCUT2D eigenvalue weighted by molar-refractivity contribution is 6.03. The predicted octanol–water partition coefficient (Wildman–Crippen LogP) is 4.68. The quantitative estimate of drug-likeness (QED) is 0.534. The molecular formula is C25H23N3O2. The minimum atomic E-state index is -0.342. The van der Waals surface area contributed by atoms with Gasteiger partial charge in [0.2, 0.25) is 0 Å². The second-order valence-corrected chi connectivity index (χ2v) is 8.50. The lowest BCUT2D eigenvalue weighted by atomic mass is 10.0. The highest BCUT2D eigenvalue weighted by Gasteiger charge is 2.30. The summed E-state index contributed by atoms with van der Waals surface area (Å²) in [5.74, 6) is 0.745. The van der Waals surface area contributed by atoms with E-state index in [0.29, 0.717) is 40.3 Å². The van der Waals surface area contributed by atoms with E-state index >= 15 is 0 Å².